The van der Waals surface area contributed by atoms with E-state index in [0.717, 1.165) is 39.1 Å². The van der Waals surface area contributed by atoms with Crippen molar-refractivity contribution in [3.63, 3.8) is 0 Å². The van der Waals surface area contributed by atoms with Gasteiger partial charge in [-0.25, -0.2) is 0 Å². The molecule has 0 bridgehead atoms. The Kier molecular flexibility index (Phi) is 5.31. The molecule has 1 aliphatic rings. The maximum absolute atomic E-state index is 5.53. The SMILES string of the molecule is COCC1(Nc2ccccc2)CCN(Cc2ccccc2)CC1. The fourth-order valence-electron chi connectivity index (χ4n) is 3.39. The molecule has 2 aromatic carbocycles. The van der Waals surface area contributed by atoms with Crippen LogP contribution >= 0.6 is 0 Å². The molecule has 3 rings (SSSR count). The molecule has 1 saturated heterocycles. The Balaban J connectivity index is 1.61. The highest BCUT2D eigenvalue weighted by Crippen LogP contribution is 2.28. The predicted molar refractivity (Wildman–Crippen MR) is 95.6 cm³/mol. The van der Waals surface area contributed by atoms with Crippen molar-refractivity contribution in [2.75, 3.05) is 32.1 Å². The van der Waals surface area contributed by atoms with E-state index < -0.39 is 0 Å². The van der Waals surface area contributed by atoms with Gasteiger partial charge in [-0.2, -0.15) is 0 Å². The average molecular weight is 310 g/mol. The van der Waals surface area contributed by atoms with Crippen molar-refractivity contribution < 1.29 is 4.74 Å². The smallest absolute Gasteiger partial charge is 0.0693 e. The summed E-state index contributed by atoms with van der Waals surface area (Å²) in [5.41, 5.74) is 2.62. The Morgan fingerprint density at radius 1 is 0.957 bits per heavy atom. The second kappa shape index (κ2) is 7.62. The van der Waals surface area contributed by atoms with Crippen molar-refractivity contribution in [1.82, 2.24) is 4.90 Å². The molecule has 1 fully saturated rings. The molecule has 0 saturated carbocycles. The number of nitrogens with one attached hydrogen (secondary N) is 1. The Labute approximate surface area is 139 Å². The number of methoxy groups -OCH3 is 1. The molecule has 0 aromatic heterocycles. The Morgan fingerprint density at radius 3 is 2.17 bits per heavy atom. The first-order chi connectivity index (χ1) is 11.3. The lowest BCUT2D eigenvalue weighted by atomic mass is 9.87. The number of hydrogen-bond donors (Lipinski definition) is 1. The topological polar surface area (TPSA) is 24.5 Å². The van der Waals surface area contributed by atoms with Crippen LogP contribution in [0.15, 0.2) is 60.7 Å². The number of nitrogens with zero attached hydrogens (tertiary/aromatic N) is 1. The van der Waals surface area contributed by atoms with E-state index in [2.05, 4.69) is 70.9 Å². The number of piperidine rings is 1. The molecule has 0 amide bonds. The highest BCUT2D eigenvalue weighted by atomic mass is 16.5. The van der Waals surface area contributed by atoms with Gasteiger partial charge in [0, 0.05) is 32.4 Å². The van der Waals surface area contributed by atoms with Crippen molar-refractivity contribution in [3.05, 3.63) is 66.2 Å². The van der Waals surface area contributed by atoms with Gasteiger partial charge in [0.05, 0.1) is 12.1 Å². The molecule has 3 heteroatoms. The molecule has 0 atom stereocenters. The van der Waals surface area contributed by atoms with E-state index in [-0.39, 0.29) is 5.54 Å². The van der Waals surface area contributed by atoms with Crippen molar-refractivity contribution in [1.29, 1.82) is 0 Å². The van der Waals surface area contributed by atoms with E-state index in [4.69, 9.17) is 4.74 Å². The van der Waals surface area contributed by atoms with Crippen molar-refractivity contribution in [2.45, 2.75) is 24.9 Å². The lowest BCUT2D eigenvalue weighted by molar-refractivity contribution is 0.0860. The molecule has 0 radical (unpaired) electrons. The zero-order valence-corrected chi connectivity index (χ0v) is 13.9. The Bertz CT molecular complexity index is 577. The lowest BCUT2D eigenvalue weighted by Crippen LogP contribution is -2.51. The first kappa shape index (κ1) is 16.0. The molecule has 1 N–H and O–H groups in total. The maximum atomic E-state index is 5.53. The molecule has 23 heavy (non-hydrogen) atoms. The molecule has 3 nitrogen and oxygen atoms in total. The quantitative estimate of drug-likeness (QED) is 0.879. The Morgan fingerprint density at radius 2 is 1.57 bits per heavy atom. The normalized spacial score (nSPS) is 17.8. The van der Waals surface area contributed by atoms with Gasteiger partial charge < -0.3 is 10.1 Å². The van der Waals surface area contributed by atoms with E-state index in [0.29, 0.717) is 0 Å². The number of benzene rings is 2. The fourth-order valence-corrected chi connectivity index (χ4v) is 3.39. The van der Waals surface area contributed by atoms with Crippen LogP contribution in [0.3, 0.4) is 0 Å². The number of likely N-dealkylation sites (tertiary alicyclic amines) is 1. The second-order valence-electron chi connectivity index (χ2n) is 6.47. The summed E-state index contributed by atoms with van der Waals surface area (Å²) in [5.74, 6) is 0. The van der Waals surface area contributed by atoms with Gasteiger partial charge in [0.1, 0.15) is 0 Å². The van der Waals surface area contributed by atoms with E-state index in [1.165, 1.54) is 11.3 Å². The number of ether oxygens (including phenoxy) is 1. The van der Waals surface area contributed by atoms with E-state index in [9.17, 15) is 0 Å². The van der Waals surface area contributed by atoms with Gasteiger partial charge in [0.2, 0.25) is 0 Å². The lowest BCUT2D eigenvalue weighted by Gasteiger charge is -2.42. The van der Waals surface area contributed by atoms with Crippen molar-refractivity contribution >= 4 is 5.69 Å². The molecule has 0 unspecified atom stereocenters. The van der Waals surface area contributed by atoms with Crippen LogP contribution in [0, 0.1) is 0 Å². The van der Waals surface area contributed by atoms with Crippen LogP contribution in [-0.4, -0.2) is 37.2 Å². The Hall–Kier alpha value is -1.84. The van der Waals surface area contributed by atoms with Crippen molar-refractivity contribution in [3.8, 4) is 0 Å². The van der Waals surface area contributed by atoms with Gasteiger partial charge in [0.25, 0.3) is 0 Å². The average Bonchev–Trinajstić information content (AvgIpc) is 2.59. The van der Waals surface area contributed by atoms with Crippen LogP contribution in [0.1, 0.15) is 18.4 Å². The van der Waals surface area contributed by atoms with Gasteiger partial charge in [-0.15, -0.1) is 0 Å². The third kappa shape index (κ3) is 4.34. The first-order valence-corrected chi connectivity index (χ1v) is 8.38. The summed E-state index contributed by atoms with van der Waals surface area (Å²) >= 11 is 0. The van der Waals surface area contributed by atoms with E-state index >= 15 is 0 Å². The van der Waals surface area contributed by atoms with Crippen LogP contribution in [0.2, 0.25) is 0 Å². The fraction of sp³-hybridized carbons (Fsp3) is 0.400. The molecule has 1 aliphatic heterocycles. The molecule has 0 spiro atoms. The summed E-state index contributed by atoms with van der Waals surface area (Å²) < 4.78 is 5.53. The monoisotopic (exact) mass is 310 g/mol. The summed E-state index contributed by atoms with van der Waals surface area (Å²) in [7, 11) is 1.80. The summed E-state index contributed by atoms with van der Waals surface area (Å²) in [5, 5.41) is 3.73. The minimum absolute atomic E-state index is 0.0449. The minimum Gasteiger partial charge on any atom is -0.382 e. The molecule has 0 aliphatic carbocycles. The van der Waals surface area contributed by atoms with Gasteiger partial charge in [-0.3, -0.25) is 4.90 Å². The second-order valence-corrected chi connectivity index (χ2v) is 6.47. The summed E-state index contributed by atoms with van der Waals surface area (Å²) in [4.78, 5) is 2.54. The number of rotatable bonds is 6. The van der Waals surface area contributed by atoms with E-state index in [1.54, 1.807) is 7.11 Å². The van der Waals surface area contributed by atoms with Gasteiger partial charge in [0.15, 0.2) is 0 Å². The summed E-state index contributed by atoms with van der Waals surface area (Å²) in [6.07, 6.45) is 2.20. The third-order valence-corrected chi connectivity index (χ3v) is 4.67. The maximum Gasteiger partial charge on any atom is 0.0693 e. The number of para-hydroxylation sites is 1. The number of anilines is 1. The minimum atomic E-state index is 0.0449. The van der Waals surface area contributed by atoms with Gasteiger partial charge >= 0.3 is 0 Å². The third-order valence-electron chi connectivity index (χ3n) is 4.67. The summed E-state index contributed by atoms with van der Waals surface area (Å²) in [6.45, 7) is 3.98. The zero-order chi connectivity index (χ0) is 16.0. The van der Waals surface area contributed by atoms with Crippen LogP contribution < -0.4 is 5.32 Å². The number of hydrogen-bond acceptors (Lipinski definition) is 3. The van der Waals surface area contributed by atoms with Crippen LogP contribution in [0.4, 0.5) is 5.69 Å². The van der Waals surface area contributed by atoms with Gasteiger partial charge in [-0.05, 0) is 30.5 Å². The molecule has 2 aromatic rings. The zero-order valence-electron chi connectivity index (χ0n) is 13.9. The highest BCUT2D eigenvalue weighted by molar-refractivity contribution is 5.45. The van der Waals surface area contributed by atoms with Crippen LogP contribution in [0.5, 0.6) is 0 Å². The summed E-state index contributed by atoms with van der Waals surface area (Å²) in [6, 6.07) is 21.2. The highest BCUT2D eigenvalue weighted by Gasteiger charge is 2.34. The molecule has 1 heterocycles. The van der Waals surface area contributed by atoms with E-state index in [1.807, 2.05) is 0 Å². The predicted octanol–water partition coefficient (Wildman–Crippen LogP) is 3.78. The van der Waals surface area contributed by atoms with Crippen LogP contribution in [-0.2, 0) is 11.3 Å². The first-order valence-electron chi connectivity index (χ1n) is 8.38. The van der Waals surface area contributed by atoms with Gasteiger partial charge in [-0.1, -0.05) is 48.5 Å². The molecular formula is C20H26N2O. The molecule has 122 valence electrons. The largest absolute Gasteiger partial charge is 0.382 e. The van der Waals surface area contributed by atoms with Crippen LogP contribution in [0.25, 0.3) is 0 Å². The standard InChI is InChI=1S/C20H26N2O/c1-23-17-20(21-19-10-6-3-7-11-19)12-14-22(15-13-20)16-18-8-4-2-5-9-18/h2-11,21H,12-17H2,1H3. The molecular weight excluding hydrogens is 284 g/mol. The van der Waals surface area contributed by atoms with Crippen molar-refractivity contribution in [2.24, 2.45) is 0 Å².